The summed E-state index contributed by atoms with van der Waals surface area (Å²) >= 11 is 0. The Kier molecular flexibility index (Phi) is 11.7. The predicted octanol–water partition coefficient (Wildman–Crippen LogP) is 21.0. The Morgan fingerprint density at radius 3 is 1.94 bits per heavy atom. The first-order chi connectivity index (χ1) is 39.1. The Balaban J connectivity index is 0.826. The van der Waals surface area contributed by atoms with Crippen molar-refractivity contribution in [1.29, 1.82) is 0 Å². The van der Waals surface area contributed by atoms with E-state index in [1.807, 2.05) is 0 Å². The van der Waals surface area contributed by atoms with Crippen LogP contribution in [0.3, 0.4) is 0 Å². The van der Waals surface area contributed by atoms with E-state index in [1.54, 1.807) is 0 Å². The van der Waals surface area contributed by atoms with E-state index in [-0.39, 0.29) is 17.9 Å². The summed E-state index contributed by atoms with van der Waals surface area (Å²) in [6, 6.07) is 81.9. The fourth-order valence-electron chi connectivity index (χ4n) is 13.5. The van der Waals surface area contributed by atoms with Gasteiger partial charge in [-0.3, -0.25) is 4.99 Å². The van der Waals surface area contributed by atoms with Crippen molar-refractivity contribution in [2.45, 2.75) is 57.4 Å². The number of aromatic nitrogens is 1. The van der Waals surface area contributed by atoms with Crippen LogP contribution in [-0.4, -0.2) is 10.3 Å². The number of para-hydroxylation sites is 2. The number of furan rings is 2. The molecule has 0 spiro atoms. The van der Waals surface area contributed by atoms with Gasteiger partial charge in [0.15, 0.2) is 0 Å². The van der Waals surface area contributed by atoms with E-state index < -0.39 is 0 Å². The van der Waals surface area contributed by atoms with E-state index in [0.29, 0.717) is 0 Å². The Labute approximate surface area is 460 Å². The molecule has 0 bridgehead atoms. The normalized spacial score (nSPS) is 17.6. The van der Waals surface area contributed by atoms with Gasteiger partial charge >= 0.3 is 0 Å². The van der Waals surface area contributed by atoms with Crippen LogP contribution in [0.2, 0.25) is 0 Å². The van der Waals surface area contributed by atoms with E-state index >= 15 is 0 Å². The van der Waals surface area contributed by atoms with Crippen LogP contribution in [0, 0.1) is 5.92 Å². The maximum absolute atomic E-state index is 6.95. The van der Waals surface area contributed by atoms with E-state index in [4.69, 9.17) is 13.8 Å². The van der Waals surface area contributed by atoms with Crippen molar-refractivity contribution in [3.8, 4) is 50.2 Å². The molecule has 0 fully saturated rings. The largest absolute Gasteiger partial charge is 0.456 e. The number of allylic oxidation sites excluding steroid dienone is 4. The Hall–Kier alpha value is -9.25. The first-order valence-corrected chi connectivity index (χ1v) is 28.3. The summed E-state index contributed by atoms with van der Waals surface area (Å²) < 4.78 is 16.1. The maximum atomic E-state index is 6.95. The molecule has 0 saturated heterocycles. The zero-order valence-corrected chi connectivity index (χ0v) is 44.3. The number of nitrogens with zero attached hydrogens (tertiary/aromatic N) is 2. The molecule has 1 aliphatic carbocycles. The minimum atomic E-state index is 0.117. The summed E-state index contributed by atoms with van der Waals surface area (Å²) in [6.07, 6.45) is 13.1. The standard InChI is InChI=1S/C75H58N2O2/c1-2-57-59(29-17-31-65(76-74(57)52-23-10-5-11-24-52)51-37-35-50(36-38-51)48-19-6-3-7-20-48)61-30-18-34-69-72(61)63-41-39-55(47-71(63)79-69)53-25-16-26-56(45-53)58-42-44-70-73(62-28-13-15-33-68(62)78-70)75(58)77-66-32-14-12-27-60(66)64-46-54(40-43-67(64)77)49-21-8-4-9-22-49/h3-10,12-16,18-23,25-28,30,32-47,57,59,65H,2,11,17,24,29,31H2,1H3/b76-74-. The molecule has 0 radical (unpaired) electrons. The molecule has 0 N–H and O–H groups in total. The molecule has 3 aromatic heterocycles. The Bertz CT molecular complexity index is 4570. The number of rotatable bonds is 9. The van der Waals surface area contributed by atoms with Crippen LogP contribution in [0.25, 0.3) is 116 Å². The molecular weight excluding hydrogens is 961 g/mol. The molecule has 3 atom stereocenters. The van der Waals surface area contributed by atoms with Gasteiger partial charge in [-0.1, -0.05) is 195 Å². The number of benzene rings is 10. The second-order valence-corrected chi connectivity index (χ2v) is 21.7. The van der Waals surface area contributed by atoms with Gasteiger partial charge in [-0.25, -0.2) is 0 Å². The molecule has 0 saturated carbocycles. The van der Waals surface area contributed by atoms with Crippen molar-refractivity contribution in [2.75, 3.05) is 0 Å². The Morgan fingerprint density at radius 1 is 0.481 bits per heavy atom. The van der Waals surface area contributed by atoms with Gasteiger partial charge in [-0.05, 0) is 154 Å². The van der Waals surface area contributed by atoms with Gasteiger partial charge in [0.2, 0.25) is 0 Å². The SMILES string of the molecule is CCC1/C(C2=CC=CCC2)=N\C(c2ccc(-c3ccccc3)cc2)CCCC1c1cccc2oc3cc(-c4cccc(-c5ccc6oc7ccccc7c6c5-n5c6ccccc6c6cc(-c7ccccc7)ccc65)c4)ccc3c12. The van der Waals surface area contributed by atoms with Gasteiger partial charge in [0.1, 0.15) is 22.3 Å². The predicted molar refractivity (Wildman–Crippen MR) is 331 cm³/mol. The van der Waals surface area contributed by atoms with Gasteiger partial charge in [-0.15, -0.1) is 0 Å². The van der Waals surface area contributed by atoms with Crippen LogP contribution in [-0.2, 0) is 0 Å². The summed E-state index contributed by atoms with van der Waals surface area (Å²) in [5, 5.41) is 7.02. The lowest BCUT2D eigenvalue weighted by molar-refractivity contribution is 0.436. The summed E-state index contributed by atoms with van der Waals surface area (Å²) in [5.41, 5.74) is 21.7. The molecule has 4 heterocycles. The lowest BCUT2D eigenvalue weighted by Crippen LogP contribution is -2.27. The molecule has 2 aliphatic rings. The topological polar surface area (TPSA) is 43.6 Å². The van der Waals surface area contributed by atoms with Crippen LogP contribution in [0.4, 0.5) is 0 Å². The molecule has 3 unspecified atom stereocenters. The third-order valence-electron chi connectivity index (χ3n) is 17.3. The smallest absolute Gasteiger partial charge is 0.137 e. The van der Waals surface area contributed by atoms with Crippen molar-refractivity contribution in [1.82, 2.24) is 4.57 Å². The van der Waals surface area contributed by atoms with Gasteiger partial charge in [-0.2, -0.15) is 0 Å². The molecule has 4 nitrogen and oxygen atoms in total. The zero-order chi connectivity index (χ0) is 52.4. The molecule has 4 heteroatoms. The number of hydrogen-bond acceptors (Lipinski definition) is 3. The van der Waals surface area contributed by atoms with Gasteiger partial charge < -0.3 is 13.4 Å². The molecular formula is C75H58N2O2. The van der Waals surface area contributed by atoms with Crippen molar-refractivity contribution < 1.29 is 8.83 Å². The lowest BCUT2D eigenvalue weighted by atomic mass is 9.73. The highest BCUT2D eigenvalue weighted by Crippen LogP contribution is 2.48. The molecule has 13 aromatic rings. The van der Waals surface area contributed by atoms with Gasteiger partial charge in [0.25, 0.3) is 0 Å². The average Bonchev–Trinajstić information content (AvgIpc) is 4.41. The highest BCUT2D eigenvalue weighted by atomic mass is 16.3. The molecule has 1 aliphatic heterocycles. The first-order valence-electron chi connectivity index (χ1n) is 28.3. The third kappa shape index (κ3) is 8.16. The second kappa shape index (κ2) is 19.6. The molecule has 380 valence electrons. The number of hydrogen-bond donors (Lipinski definition) is 0. The van der Waals surface area contributed by atoms with Crippen LogP contribution in [0.5, 0.6) is 0 Å². The zero-order valence-electron chi connectivity index (χ0n) is 44.3. The molecule has 79 heavy (non-hydrogen) atoms. The molecule has 10 aromatic carbocycles. The van der Waals surface area contributed by atoms with Gasteiger partial charge in [0, 0.05) is 44.1 Å². The quantitative estimate of drug-likeness (QED) is 0.145. The maximum Gasteiger partial charge on any atom is 0.137 e. The van der Waals surface area contributed by atoms with Crippen molar-refractivity contribution in [3.63, 3.8) is 0 Å². The third-order valence-corrected chi connectivity index (χ3v) is 17.3. The number of fused-ring (bicyclic) bond motifs is 9. The highest BCUT2D eigenvalue weighted by molar-refractivity contribution is 6.17. The molecule has 15 rings (SSSR count). The van der Waals surface area contributed by atoms with E-state index in [1.165, 1.54) is 66.2 Å². The van der Waals surface area contributed by atoms with Gasteiger partial charge in [0.05, 0.1) is 28.1 Å². The highest BCUT2D eigenvalue weighted by Gasteiger charge is 2.33. The van der Waals surface area contributed by atoms with Crippen LogP contribution < -0.4 is 0 Å². The summed E-state index contributed by atoms with van der Waals surface area (Å²) in [5.74, 6) is 0.553. The van der Waals surface area contributed by atoms with Crippen LogP contribution in [0.1, 0.15) is 68.5 Å². The van der Waals surface area contributed by atoms with Crippen LogP contribution >= 0.6 is 0 Å². The summed E-state index contributed by atoms with van der Waals surface area (Å²) in [6.45, 7) is 2.37. The minimum Gasteiger partial charge on any atom is -0.456 e. The summed E-state index contributed by atoms with van der Waals surface area (Å²) in [7, 11) is 0. The average molecular weight is 1020 g/mol. The Morgan fingerprint density at radius 2 is 1.11 bits per heavy atom. The fourth-order valence-corrected chi connectivity index (χ4v) is 13.5. The van der Waals surface area contributed by atoms with E-state index in [0.717, 1.165) is 111 Å². The first kappa shape index (κ1) is 47.0. The molecule has 0 amide bonds. The number of aliphatic imine (C=N–C) groups is 1. The van der Waals surface area contributed by atoms with Crippen LogP contribution in [0.15, 0.2) is 262 Å². The minimum absolute atomic E-state index is 0.117. The van der Waals surface area contributed by atoms with Crippen molar-refractivity contribution in [2.24, 2.45) is 10.9 Å². The fraction of sp³-hybridized carbons (Fsp3) is 0.133. The monoisotopic (exact) mass is 1020 g/mol. The van der Waals surface area contributed by atoms with E-state index in [9.17, 15) is 0 Å². The van der Waals surface area contributed by atoms with Crippen molar-refractivity contribution in [3.05, 3.63) is 259 Å². The second-order valence-electron chi connectivity index (χ2n) is 21.7. The van der Waals surface area contributed by atoms with E-state index in [2.05, 4.69) is 254 Å². The lowest BCUT2D eigenvalue weighted by Gasteiger charge is -2.34. The summed E-state index contributed by atoms with van der Waals surface area (Å²) in [4.78, 5) is 5.83. The van der Waals surface area contributed by atoms with Crippen molar-refractivity contribution >= 4 is 71.4 Å².